The molecule has 5 heterocycles. The lowest BCUT2D eigenvalue weighted by Crippen LogP contribution is -2.19. The molecule has 1 aliphatic carbocycles. The van der Waals surface area contributed by atoms with Crippen LogP contribution in [0.1, 0.15) is 29.3 Å². The largest absolute Gasteiger partial charge is 0.383 e. The minimum atomic E-state index is 0.290. The van der Waals surface area contributed by atoms with E-state index in [4.69, 9.17) is 15.7 Å². The summed E-state index contributed by atoms with van der Waals surface area (Å²) in [5.74, 6) is 1.85. The quantitative estimate of drug-likeness (QED) is 0.356. The van der Waals surface area contributed by atoms with Crippen LogP contribution in [0.5, 0.6) is 0 Å². The molecule has 38 heavy (non-hydrogen) atoms. The predicted octanol–water partition coefficient (Wildman–Crippen LogP) is 3.76. The van der Waals surface area contributed by atoms with Gasteiger partial charge in [-0.3, -0.25) is 9.25 Å². The van der Waals surface area contributed by atoms with Crippen LogP contribution in [0, 0.1) is 0 Å². The zero-order chi connectivity index (χ0) is 25.6. The van der Waals surface area contributed by atoms with E-state index in [0.717, 1.165) is 47.5 Å². The number of nitrogen functional groups attached to an aromatic ring is 1. The summed E-state index contributed by atoms with van der Waals surface area (Å²) < 4.78 is 5.65. The molecule has 6 aromatic rings. The summed E-state index contributed by atoms with van der Waals surface area (Å²) in [6.07, 6.45) is 9.31. The Labute approximate surface area is 218 Å². The monoisotopic (exact) mass is 502 g/mol. The maximum Gasteiger partial charge on any atom is 0.167 e. The Bertz CT molecular complexity index is 1760. The Morgan fingerprint density at radius 3 is 2.79 bits per heavy atom. The molecule has 1 aliphatic rings. The van der Waals surface area contributed by atoms with Crippen LogP contribution in [0.3, 0.4) is 0 Å². The summed E-state index contributed by atoms with van der Waals surface area (Å²) in [6.45, 7) is 0.739. The Hall–Kier alpha value is -4.83. The van der Waals surface area contributed by atoms with Gasteiger partial charge in [0.2, 0.25) is 0 Å². The smallest absolute Gasteiger partial charge is 0.167 e. The van der Waals surface area contributed by atoms with Gasteiger partial charge < -0.3 is 11.1 Å². The zero-order valence-corrected chi connectivity index (χ0v) is 20.9. The lowest BCUT2D eigenvalue weighted by atomic mass is 10.1. The lowest BCUT2D eigenvalue weighted by Gasteiger charge is -2.15. The number of aromatic nitrogens is 8. The van der Waals surface area contributed by atoms with Crippen molar-refractivity contribution in [2.45, 2.75) is 25.4 Å². The molecular weight excluding hydrogens is 476 g/mol. The van der Waals surface area contributed by atoms with Crippen molar-refractivity contribution >= 4 is 17.0 Å². The molecule has 0 saturated carbocycles. The third-order valence-corrected chi connectivity index (χ3v) is 7.07. The van der Waals surface area contributed by atoms with E-state index in [9.17, 15) is 0 Å². The highest BCUT2D eigenvalue weighted by Crippen LogP contribution is 2.36. The standard InChI is InChI=1S/C28H26N10/c1-36-15-11-19(35-36)17-31-23-8-5-18-16-20(6-7-21(18)23)38-27(22-4-2-12-30-26(22)29)33-24-9-10-25(34-28(24)38)37-14-3-13-32-37/h2-4,6-7,9-16,23,31H,5,8,17H2,1H3,(H2,29,30). The van der Waals surface area contributed by atoms with Crippen LogP contribution < -0.4 is 11.1 Å². The van der Waals surface area contributed by atoms with Crippen molar-refractivity contribution in [3.8, 4) is 22.9 Å². The molecule has 1 unspecified atom stereocenters. The van der Waals surface area contributed by atoms with Gasteiger partial charge in [-0.25, -0.2) is 19.6 Å². The van der Waals surface area contributed by atoms with Gasteiger partial charge in [0, 0.05) is 50.1 Å². The van der Waals surface area contributed by atoms with Gasteiger partial charge in [0.25, 0.3) is 0 Å². The number of imidazole rings is 1. The van der Waals surface area contributed by atoms with E-state index in [1.807, 2.05) is 60.5 Å². The van der Waals surface area contributed by atoms with Crippen molar-refractivity contribution < 1.29 is 0 Å². The summed E-state index contributed by atoms with van der Waals surface area (Å²) in [4.78, 5) is 14.2. The molecule has 0 amide bonds. The molecule has 0 spiro atoms. The van der Waals surface area contributed by atoms with Crippen molar-refractivity contribution in [3.05, 3.63) is 96.2 Å². The molecule has 0 aliphatic heterocycles. The molecule has 5 aromatic heterocycles. The van der Waals surface area contributed by atoms with E-state index in [1.54, 1.807) is 17.1 Å². The lowest BCUT2D eigenvalue weighted by molar-refractivity contribution is 0.522. The number of anilines is 1. The van der Waals surface area contributed by atoms with Crippen molar-refractivity contribution in [2.75, 3.05) is 5.73 Å². The molecule has 0 fully saturated rings. The van der Waals surface area contributed by atoms with Gasteiger partial charge in [0.1, 0.15) is 11.3 Å². The number of nitrogens with zero attached hydrogens (tertiary/aromatic N) is 8. The first-order chi connectivity index (χ1) is 18.6. The van der Waals surface area contributed by atoms with E-state index < -0.39 is 0 Å². The molecular formula is C28H26N10. The van der Waals surface area contributed by atoms with Gasteiger partial charge in [-0.15, -0.1) is 0 Å². The maximum atomic E-state index is 6.31. The molecule has 1 aromatic carbocycles. The molecule has 7 rings (SSSR count). The number of benzene rings is 1. The molecule has 0 radical (unpaired) electrons. The van der Waals surface area contributed by atoms with E-state index in [1.165, 1.54) is 11.1 Å². The number of pyridine rings is 2. The first-order valence-corrected chi connectivity index (χ1v) is 12.6. The molecule has 0 saturated heterocycles. The van der Waals surface area contributed by atoms with E-state index in [-0.39, 0.29) is 0 Å². The average Bonchev–Trinajstić information content (AvgIpc) is 3.73. The second-order valence-electron chi connectivity index (χ2n) is 9.51. The Balaban J connectivity index is 1.32. The summed E-state index contributed by atoms with van der Waals surface area (Å²) in [5.41, 5.74) is 13.2. The first-order valence-electron chi connectivity index (χ1n) is 12.6. The summed E-state index contributed by atoms with van der Waals surface area (Å²) in [5, 5.41) is 12.5. The molecule has 3 N–H and O–H groups in total. The highest BCUT2D eigenvalue weighted by molar-refractivity contribution is 5.83. The van der Waals surface area contributed by atoms with Gasteiger partial charge in [-0.05, 0) is 72.5 Å². The summed E-state index contributed by atoms with van der Waals surface area (Å²) in [6, 6.07) is 18.5. The van der Waals surface area contributed by atoms with Crippen LogP contribution in [0.25, 0.3) is 34.1 Å². The van der Waals surface area contributed by atoms with Gasteiger partial charge in [0.15, 0.2) is 17.3 Å². The Morgan fingerprint density at radius 1 is 1.03 bits per heavy atom. The van der Waals surface area contributed by atoms with Crippen molar-refractivity contribution in [1.82, 2.24) is 44.4 Å². The number of hydrogen-bond acceptors (Lipinski definition) is 7. The minimum absolute atomic E-state index is 0.290. The number of fused-ring (bicyclic) bond motifs is 2. The van der Waals surface area contributed by atoms with Gasteiger partial charge in [-0.1, -0.05) is 6.07 Å². The number of nitrogens with one attached hydrogen (secondary N) is 1. The second-order valence-corrected chi connectivity index (χ2v) is 9.51. The fourth-order valence-corrected chi connectivity index (χ4v) is 5.25. The van der Waals surface area contributed by atoms with Gasteiger partial charge in [0.05, 0.1) is 11.3 Å². The van der Waals surface area contributed by atoms with Crippen LogP contribution in [0.15, 0.2) is 79.4 Å². The fraction of sp³-hybridized carbons (Fsp3) is 0.179. The maximum absolute atomic E-state index is 6.31. The van der Waals surface area contributed by atoms with Crippen LogP contribution in [0.2, 0.25) is 0 Å². The average molecular weight is 503 g/mol. The zero-order valence-electron chi connectivity index (χ0n) is 20.9. The highest BCUT2D eigenvalue weighted by atomic mass is 15.3. The van der Waals surface area contributed by atoms with E-state index in [2.05, 4.69) is 43.3 Å². The van der Waals surface area contributed by atoms with Crippen molar-refractivity contribution in [1.29, 1.82) is 0 Å². The number of hydrogen-bond donors (Lipinski definition) is 2. The van der Waals surface area contributed by atoms with Crippen LogP contribution in [-0.2, 0) is 20.0 Å². The van der Waals surface area contributed by atoms with Gasteiger partial charge in [-0.2, -0.15) is 10.2 Å². The minimum Gasteiger partial charge on any atom is -0.383 e. The highest BCUT2D eigenvalue weighted by Gasteiger charge is 2.25. The van der Waals surface area contributed by atoms with Crippen LogP contribution in [0.4, 0.5) is 5.82 Å². The molecule has 0 bridgehead atoms. The van der Waals surface area contributed by atoms with Gasteiger partial charge >= 0.3 is 0 Å². The van der Waals surface area contributed by atoms with E-state index >= 15 is 0 Å². The second kappa shape index (κ2) is 8.93. The first kappa shape index (κ1) is 22.4. The number of rotatable bonds is 6. The number of aryl methyl sites for hydroxylation is 2. The Kier molecular flexibility index (Phi) is 5.26. The topological polar surface area (TPSA) is 117 Å². The van der Waals surface area contributed by atoms with E-state index in [0.29, 0.717) is 23.5 Å². The van der Waals surface area contributed by atoms with Crippen LogP contribution in [-0.4, -0.2) is 39.1 Å². The van der Waals surface area contributed by atoms with Crippen molar-refractivity contribution in [2.24, 2.45) is 7.05 Å². The molecule has 1 atom stereocenters. The Morgan fingerprint density at radius 2 is 1.97 bits per heavy atom. The molecule has 10 heteroatoms. The van der Waals surface area contributed by atoms with Crippen molar-refractivity contribution in [3.63, 3.8) is 0 Å². The third kappa shape index (κ3) is 3.82. The predicted molar refractivity (Wildman–Crippen MR) is 145 cm³/mol. The number of nitrogens with two attached hydrogens (primary N) is 1. The third-order valence-electron chi connectivity index (χ3n) is 7.07. The van der Waals surface area contributed by atoms with Crippen LogP contribution >= 0.6 is 0 Å². The fourth-order valence-electron chi connectivity index (χ4n) is 5.25. The normalized spacial score (nSPS) is 14.8. The summed E-state index contributed by atoms with van der Waals surface area (Å²) in [7, 11) is 1.94. The molecule has 10 nitrogen and oxygen atoms in total. The summed E-state index contributed by atoms with van der Waals surface area (Å²) >= 11 is 0. The molecule has 188 valence electrons. The SMILES string of the molecule is Cn1ccc(CNC2CCc3cc(-n4c(-c5cccnc5N)nc5ccc(-n6cccn6)nc54)ccc32)n1.